The molecular weight excluding hydrogens is 274 g/mol. The van der Waals surface area contributed by atoms with Crippen molar-refractivity contribution in [3.8, 4) is 0 Å². The Hall–Kier alpha value is -1.07. The zero-order chi connectivity index (χ0) is 13.3. The minimum atomic E-state index is -0.841. The summed E-state index contributed by atoms with van der Waals surface area (Å²) in [5, 5.41) is 14.1. The van der Waals surface area contributed by atoms with Crippen LogP contribution in [-0.2, 0) is 4.79 Å². The third-order valence-corrected chi connectivity index (χ3v) is 4.95. The van der Waals surface area contributed by atoms with Gasteiger partial charge in [0.05, 0.1) is 10.9 Å². The molecule has 0 spiro atoms. The molecule has 1 amide bonds. The minimum absolute atomic E-state index is 0.267. The van der Waals surface area contributed by atoms with E-state index in [1.807, 2.05) is 12.3 Å². The fraction of sp³-hybridized carbons (Fsp3) is 0.500. The largest absolute Gasteiger partial charge is 0.481 e. The molecule has 0 radical (unpaired) electrons. The van der Waals surface area contributed by atoms with Crippen molar-refractivity contribution in [1.29, 1.82) is 0 Å². The van der Waals surface area contributed by atoms with Crippen LogP contribution in [0.4, 0.5) is 0 Å². The molecule has 2 atom stereocenters. The summed E-state index contributed by atoms with van der Waals surface area (Å²) in [6, 6.07) is -0.284. The van der Waals surface area contributed by atoms with Crippen LogP contribution in [-0.4, -0.2) is 23.0 Å². The number of carboxylic acid groups (broad SMARTS) is 1. The zero-order valence-corrected chi connectivity index (χ0v) is 11.5. The van der Waals surface area contributed by atoms with Crippen molar-refractivity contribution in [3.05, 3.63) is 20.8 Å². The number of carbonyl (C=O) groups is 2. The topological polar surface area (TPSA) is 66.4 Å². The fourth-order valence-corrected chi connectivity index (χ4v) is 3.43. The Morgan fingerprint density at radius 3 is 2.78 bits per heavy atom. The van der Waals surface area contributed by atoms with Crippen molar-refractivity contribution in [2.24, 2.45) is 5.92 Å². The van der Waals surface area contributed by atoms with E-state index in [0.29, 0.717) is 22.7 Å². The second-order valence-electron chi connectivity index (χ2n) is 4.52. The molecule has 4 nitrogen and oxygen atoms in total. The molecule has 6 heteroatoms. The van der Waals surface area contributed by atoms with E-state index in [1.165, 1.54) is 11.3 Å². The standard InChI is InChI=1S/C12H14ClNO3S/c1-6-5-18-10(9(6)13)11(15)14-8-4-2-3-7(8)12(16)17/h5,7-8H,2-4H2,1H3,(H,14,15)(H,16,17). The summed E-state index contributed by atoms with van der Waals surface area (Å²) in [4.78, 5) is 23.5. The molecule has 1 saturated carbocycles. The zero-order valence-electron chi connectivity index (χ0n) is 9.90. The van der Waals surface area contributed by atoms with Gasteiger partial charge in [0.2, 0.25) is 0 Å². The number of hydrogen-bond donors (Lipinski definition) is 2. The summed E-state index contributed by atoms with van der Waals surface area (Å²) in [5.74, 6) is -1.59. The van der Waals surface area contributed by atoms with E-state index >= 15 is 0 Å². The van der Waals surface area contributed by atoms with E-state index < -0.39 is 11.9 Å². The number of carbonyl (C=O) groups excluding carboxylic acids is 1. The van der Waals surface area contributed by atoms with Crippen LogP contribution in [0.1, 0.15) is 34.5 Å². The van der Waals surface area contributed by atoms with E-state index in [-0.39, 0.29) is 11.9 Å². The molecule has 1 fully saturated rings. The molecule has 0 saturated heterocycles. The van der Waals surface area contributed by atoms with Gasteiger partial charge in [0.15, 0.2) is 0 Å². The second-order valence-corrected chi connectivity index (χ2v) is 5.78. The summed E-state index contributed by atoms with van der Waals surface area (Å²) in [7, 11) is 0. The molecule has 2 N–H and O–H groups in total. The van der Waals surface area contributed by atoms with Crippen molar-refractivity contribution in [1.82, 2.24) is 5.32 Å². The maximum Gasteiger partial charge on any atom is 0.308 e. The predicted octanol–water partition coefficient (Wildman–Crippen LogP) is 2.69. The number of halogens is 1. The van der Waals surface area contributed by atoms with Gasteiger partial charge in [-0.1, -0.05) is 18.0 Å². The lowest BCUT2D eigenvalue weighted by Gasteiger charge is -2.17. The minimum Gasteiger partial charge on any atom is -0.481 e. The third kappa shape index (κ3) is 2.52. The van der Waals surface area contributed by atoms with Crippen LogP contribution in [0.25, 0.3) is 0 Å². The molecule has 1 aliphatic rings. The lowest BCUT2D eigenvalue weighted by Crippen LogP contribution is -2.39. The van der Waals surface area contributed by atoms with E-state index in [2.05, 4.69) is 5.32 Å². The summed E-state index contributed by atoms with van der Waals surface area (Å²) in [6.45, 7) is 1.84. The molecular formula is C12H14ClNO3S. The molecule has 0 bridgehead atoms. The van der Waals surface area contributed by atoms with Gasteiger partial charge in [-0.05, 0) is 30.7 Å². The predicted molar refractivity (Wildman–Crippen MR) is 70.3 cm³/mol. The monoisotopic (exact) mass is 287 g/mol. The fourth-order valence-electron chi connectivity index (χ4n) is 2.25. The van der Waals surface area contributed by atoms with Crippen LogP contribution in [0.5, 0.6) is 0 Å². The molecule has 18 heavy (non-hydrogen) atoms. The highest BCUT2D eigenvalue weighted by Gasteiger charge is 2.34. The molecule has 2 rings (SSSR count). The quantitative estimate of drug-likeness (QED) is 0.898. The van der Waals surface area contributed by atoms with E-state index in [9.17, 15) is 9.59 Å². The summed E-state index contributed by atoms with van der Waals surface area (Å²) in [6.07, 6.45) is 2.17. The molecule has 2 unspecified atom stereocenters. The Kier molecular flexibility index (Phi) is 3.92. The number of nitrogens with one attached hydrogen (secondary N) is 1. The van der Waals surface area contributed by atoms with Gasteiger partial charge in [-0.15, -0.1) is 11.3 Å². The first-order valence-corrected chi connectivity index (χ1v) is 7.03. The van der Waals surface area contributed by atoms with Gasteiger partial charge in [0, 0.05) is 6.04 Å². The van der Waals surface area contributed by atoms with Crippen LogP contribution in [0.3, 0.4) is 0 Å². The van der Waals surface area contributed by atoms with Crippen molar-refractivity contribution < 1.29 is 14.7 Å². The van der Waals surface area contributed by atoms with E-state index in [4.69, 9.17) is 16.7 Å². The average molecular weight is 288 g/mol. The number of aryl methyl sites for hydroxylation is 1. The van der Waals surface area contributed by atoms with Crippen LogP contribution in [0.15, 0.2) is 5.38 Å². The number of thiophene rings is 1. The Morgan fingerprint density at radius 2 is 2.22 bits per heavy atom. The number of carboxylic acids is 1. The maximum absolute atomic E-state index is 12.0. The van der Waals surface area contributed by atoms with Crippen molar-refractivity contribution in [3.63, 3.8) is 0 Å². The van der Waals surface area contributed by atoms with Crippen molar-refractivity contribution >= 4 is 34.8 Å². The van der Waals surface area contributed by atoms with Crippen LogP contribution >= 0.6 is 22.9 Å². The molecule has 0 aliphatic heterocycles. The SMILES string of the molecule is Cc1csc(C(=O)NC2CCCC2C(=O)O)c1Cl. The first kappa shape index (κ1) is 13.4. The first-order chi connectivity index (χ1) is 8.50. The highest BCUT2D eigenvalue weighted by atomic mass is 35.5. The Labute approximate surface area is 114 Å². The lowest BCUT2D eigenvalue weighted by atomic mass is 10.0. The molecule has 1 heterocycles. The van der Waals surface area contributed by atoms with Gasteiger partial charge in [-0.3, -0.25) is 9.59 Å². The van der Waals surface area contributed by atoms with Gasteiger partial charge in [0.25, 0.3) is 5.91 Å². The normalized spacial score (nSPS) is 23.0. The van der Waals surface area contributed by atoms with Gasteiger partial charge >= 0.3 is 5.97 Å². The molecule has 1 aromatic heterocycles. The Balaban J connectivity index is 2.08. The van der Waals surface area contributed by atoms with Crippen LogP contribution in [0, 0.1) is 12.8 Å². The summed E-state index contributed by atoms with van der Waals surface area (Å²) >= 11 is 7.31. The second kappa shape index (κ2) is 5.28. The number of hydrogen-bond acceptors (Lipinski definition) is 3. The number of rotatable bonds is 3. The highest BCUT2D eigenvalue weighted by molar-refractivity contribution is 7.13. The maximum atomic E-state index is 12.0. The lowest BCUT2D eigenvalue weighted by molar-refractivity contribution is -0.142. The molecule has 1 aromatic rings. The first-order valence-electron chi connectivity index (χ1n) is 5.78. The summed E-state index contributed by atoms with van der Waals surface area (Å²) in [5.41, 5.74) is 0.869. The van der Waals surface area contributed by atoms with Crippen LogP contribution in [0.2, 0.25) is 5.02 Å². The van der Waals surface area contributed by atoms with E-state index in [1.54, 1.807) is 0 Å². The van der Waals surface area contributed by atoms with Gasteiger partial charge in [-0.2, -0.15) is 0 Å². The molecule has 1 aliphatic carbocycles. The number of amides is 1. The molecule has 98 valence electrons. The molecule has 0 aromatic carbocycles. The van der Waals surface area contributed by atoms with Crippen molar-refractivity contribution in [2.75, 3.05) is 0 Å². The third-order valence-electron chi connectivity index (χ3n) is 3.25. The van der Waals surface area contributed by atoms with E-state index in [0.717, 1.165) is 12.0 Å². The van der Waals surface area contributed by atoms with Crippen molar-refractivity contribution in [2.45, 2.75) is 32.2 Å². The average Bonchev–Trinajstić information content (AvgIpc) is 2.88. The number of aliphatic carboxylic acids is 1. The van der Waals surface area contributed by atoms with Gasteiger partial charge < -0.3 is 10.4 Å². The highest BCUT2D eigenvalue weighted by Crippen LogP contribution is 2.29. The van der Waals surface area contributed by atoms with Gasteiger partial charge in [0.1, 0.15) is 4.88 Å². The summed E-state index contributed by atoms with van der Waals surface area (Å²) < 4.78 is 0. The van der Waals surface area contributed by atoms with Crippen LogP contribution < -0.4 is 5.32 Å². The Morgan fingerprint density at radius 1 is 1.50 bits per heavy atom. The van der Waals surface area contributed by atoms with Gasteiger partial charge in [-0.25, -0.2) is 0 Å². The smallest absolute Gasteiger partial charge is 0.308 e. The Bertz CT molecular complexity index is 486.